The van der Waals surface area contributed by atoms with Crippen LogP contribution in [-0.2, 0) is 0 Å². The van der Waals surface area contributed by atoms with Crippen LogP contribution in [0.2, 0.25) is 0 Å². The number of pyridine rings is 1. The Hall–Kier alpha value is -1.13. The van der Waals surface area contributed by atoms with E-state index in [4.69, 9.17) is 5.73 Å². The number of aromatic nitrogens is 1. The monoisotopic (exact) mass is 248 g/mol. The van der Waals surface area contributed by atoms with E-state index in [0.717, 1.165) is 5.69 Å². The SMILES string of the molecule is CC(N)c1ccc(N(C)C2CCN(C)CC2)cn1. The van der Waals surface area contributed by atoms with Crippen LogP contribution in [0.3, 0.4) is 0 Å². The third-order valence-electron chi connectivity index (χ3n) is 3.88. The van der Waals surface area contributed by atoms with Crippen LogP contribution >= 0.6 is 0 Å². The van der Waals surface area contributed by atoms with Gasteiger partial charge in [0.1, 0.15) is 0 Å². The van der Waals surface area contributed by atoms with Crippen molar-refractivity contribution in [2.24, 2.45) is 5.73 Å². The largest absolute Gasteiger partial charge is 0.370 e. The van der Waals surface area contributed by atoms with Crippen molar-refractivity contribution in [3.63, 3.8) is 0 Å². The number of hydrogen-bond acceptors (Lipinski definition) is 4. The van der Waals surface area contributed by atoms with Gasteiger partial charge in [0.05, 0.1) is 17.6 Å². The zero-order chi connectivity index (χ0) is 13.1. The zero-order valence-corrected chi connectivity index (χ0v) is 11.6. The van der Waals surface area contributed by atoms with E-state index in [-0.39, 0.29) is 6.04 Å². The van der Waals surface area contributed by atoms with Crippen LogP contribution in [0, 0.1) is 0 Å². The summed E-state index contributed by atoms with van der Waals surface area (Å²) < 4.78 is 0. The molecular formula is C14H24N4. The Morgan fingerprint density at radius 2 is 2.06 bits per heavy atom. The molecule has 2 rings (SSSR count). The Balaban J connectivity index is 2.02. The van der Waals surface area contributed by atoms with Crippen LogP contribution in [-0.4, -0.2) is 43.1 Å². The van der Waals surface area contributed by atoms with Crippen molar-refractivity contribution in [3.05, 3.63) is 24.0 Å². The molecule has 0 bridgehead atoms. The number of anilines is 1. The van der Waals surface area contributed by atoms with E-state index in [1.165, 1.54) is 31.6 Å². The highest BCUT2D eigenvalue weighted by Crippen LogP contribution is 2.21. The summed E-state index contributed by atoms with van der Waals surface area (Å²) in [6.07, 6.45) is 4.39. The van der Waals surface area contributed by atoms with Crippen LogP contribution in [0.15, 0.2) is 18.3 Å². The molecule has 1 aromatic heterocycles. The van der Waals surface area contributed by atoms with Crippen molar-refractivity contribution in [2.75, 3.05) is 32.1 Å². The minimum Gasteiger partial charge on any atom is -0.370 e. The molecule has 4 nitrogen and oxygen atoms in total. The van der Waals surface area contributed by atoms with E-state index in [1.807, 2.05) is 19.2 Å². The van der Waals surface area contributed by atoms with Gasteiger partial charge in [-0.2, -0.15) is 0 Å². The molecule has 1 aliphatic rings. The third-order valence-corrected chi connectivity index (χ3v) is 3.88. The molecule has 1 aromatic rings. The Morgan fingerprint density at radius 3 is 2.56 bits per heavy atom. The molecule has 1 saturated heterocycles. The number of piperidine rings is 1. The fraction of sp³-hybridized carbons (Fsp3) is 0.643. The molecule has 18 heavy (non-hydrogen) atoms. The van der Waals surface area contributed by atoms with Gasteiger partial charge in [-0.05, 0) is 52.0 Å². The normalized spacial score (nSPS) is 19.8. The summed E-state index contributed by atoms with van der Waals surface area (Å²) in [5.41, 5.74) is 7.96. The van der Waals surface area contributed by atoms with Gasteiger partial charge in [0.15, 0.2) is 0 Å². The van der Waals surface area contributed by atoms with E-state index >= 15 is 0 Å². The van der Waals surface area contributed by atoms with E-state index in [1.54, 1.807) is 0 Å². The minimum absolute atomic E-state index is 0.00712. The molecule has 1 aliphatic heterocycles. The van der Waals surface area contributed by atoms with Gasteiger partial charge in [-0.25, -0.2) is 0 Å². The predicted octanol–water partition coefficient (Wildman–Crippen LogP) is 1.63. The van der Waals surface area contributed by atoms with E-state index in [0.29, 0.717) is 6.04 Å². The van der Waals surface area contributed by atoms with Crippen LogP contribution in [0.5, 0.6) is 0 Å². The van der Waals surface area contributed by atoms with Gasteiger partial charge in [-0.15, -0.1) is 0 Å². The van der Waals surface area contributed by atoms with Crippen molar-refractivity contribution < 1.29 is 0 Å². The molecular weight excluding hydrogens is 224 g/mol. The maximum absolute atomic E-state index is 5.82. The second-order valence-electron chi connectivity index (χ2n) is 5.38. The summed E-state index contributed by atoms with van der Waals surface area (Å²) in [5.74, 6) is 0. The first kappa shape index (κ1) is 13.3. The molecule has 0 aliphatic carbocycles. The van der Waals surface area contributed by atoms with E-state index in [9.17, 15) is 0 Å². The predicted molar refractivity (Wildman–Crippen MR) is 75.8 cm³/mol. The highest BCUT2D eigenvalue weighted by Gasteiger charge is 2.20. The maximum Gasteiger partial charge on any atom is 0.0569 e. The summed E-state index contributed by atoms with van der Waals surface area (Å²) in [5, 5.41) is 0. The fourth-order valence-corrected chi connectivity index (χ4v) is 2.47. The van der Waals surface area contributed by atoms with E-state index in [2.05, 4.69) is 34.9 Å². The molecule has 0 radical (unpaired) electrons. The van der Waals surface area contributed by atoms with Gasteiger partial charge >= 0.3 is 0 Å². The summed E-state index contributed by atoms with van der Waals surface area (Å²) >= 11 is 0. The average molecular weight is 248 g/mol. The molecule has 0 spiro atoms. The van der Waals surface area contributed by atoms with Gasteiger partial charge in [0.2, 0.25) is 0 Å². The maximum atomic E-state index is 5.82. The van der Waals surface area contributed by atoms with Crippen LogP contribution in [0.25, 0.3) is 0 Å². The first-order valence-corrected chi connectivity index (χ1v) is 6.71. The third kappa shape index (κ3) is 3.00. The molecule has 1 fully saturated rings. The molecule has 2 heterocycles. The quantitative estimate of drug-likeness (QED) is 0.883. The lowest BCUT2D eigenvalue weighted by Crippen LogP contribution is -2.42. The highest BCUT2D eigenvalue weighted by molar-refractivity contribution is 5.45. The van der Waals surface area contributed by atoms with Crippen molar-refractivity contribution in [1.29, 1.82) is 0 Å². The number of nitrogens with zero attached hydrogens (tertiary/aromatic N) is 3. The molecule has 1 atom stereocenters. The van der Waals surface area contributed by atoms with Crippen molar-refractivity contribution in [1.82, 2.24) is 9.88 Å². The molecule has 0 amide bonds. The number of nitrogens with two attached hydrogens (primary N) is 1. The minimum atomic E-state index is 0.00712. The first-order chi connectivity index (χ1) is 8.58. The van der Waals surface area contributed by atoms with Crippen LogP contribution in [0.4, 0.5) is 5.69 Å². The molecule has 2 N–H and O–H groups in total. The number of likely N-dealkylation sites (tertiary alicyclic amines) is 1. The van der Waals surface area contributed by atoms with Gasteiger partial charge in [0.25, 0.3) is 0 Å². The number of hydrogen-bond donors (Lipinski definition) is 1. The van der Waals surface area contributed by atoms with Gasteiger partial charge < -0.3 is 15.5 Å². The van der Waals surface area contributed by atoms with Gasteiger partial charge in [-0.1, -0.05) is 0 Å². The summed E-state index contributed by atoms with van der Waals surface area (Å²) in [6, 6.07) is 4.80. The second-order valence-corrected chi connectivity index (χ2v) is 5.38. The Labute approximate surface area is 110 Å². The lowest BCUT2D eigenvalue weighted by molar-refractivity contribution is 0.253. The number of rotatable bonds is 3. The molecule has 100 valence electrons. The van der Waals surface area contributed by atoms with Crippen molar-refractivity contribution in [3.8, 4) is 0 Å². The van der Waals surface area contributed by atoms with Crippen LogP contribution < -0.4 is 10.6 Å². The molecule has 0 saturated carbocycles. The Bertz CT molecular complexity index is 366. The molecule has 0 aromatic carbocycles. The van der Waals surface area contributed by atoms with E-state index < -0.39 is 0 Å². The fourth-order valence-electron chi connectivity index (χ4n) is 2.47. The van der Waals surface area contributed by atoms with Crippen molar-refractivity contribution in [2.45, 2.75) is 31.8 Å². The second kappa shape index (κ2) is 5.67. The molecule has 4 heteroatoms. The van der Waals surface area contributed by atoms with Crippen molar-refractivity contribution >= 4 is 5.69 Å². The molecule has 1 unspecified atom stereocenters. The Morgan fingerprint density at radius 1 is 1.39 bits per heavy atom. The summed E-state index contributed by atoms with van der Waals surface area (Å²) in [7, 11) is 4.35. The van der Waals surface area contributed by atoms with Gasteiger partial charge in [0, 0.05) is 19.1 Å². The lowest BCUT2D eigenvalue weighted by Gasteiger charge is -2.36. The summed E-state index contributed by atoms with van der Waals surface area (Å²) in [6.45, 7) is 4.32. The standard InChI is InChI=1S/C14H24N4/c1-11(15)14-5-4-13(10-16-14)18(3)12-6-8-17(2)9-7-12/h4-5,10-12H,6-9,15H2,1-3H3. The lowest BCUT2D eigenvalue weighted by atomic mass is 10.0. The first-order valence-electron chi connectivity index (χ1n) is 6.71. The Kier molecular flexibility index (Phi) is 4.19. The topological polar surface area (TPSA) is 45.4 Å². The smallest absolute Gasteiger partial charge is 0.0569 e. The summed E-state index contributed by atoms with van der Waals surface area (Å²) in [4.78, 5) is 9.17. The zero-order valence-electron chi connectivity index (χ0n) is 11.6. The van der Waals surface area contributed by atoms with Crippen LogP contribution in [0.1, 0.15) is 31.5 Å². The van der Waals surface area contributed by atoms with Gasteiger partial charge in [-0.3, -0.25) is 4.98 Å². The average Bonchev–Trinajstić information content (AvgIpc) is 2.39. The highest BCUT2D eigenvalue weighted by atomic mass is 15.2.